The van der Waals surface area contributed by atoms with Crippen LogP contribution in [0.25, 0.3) is 17.2 Å². The van der Waals surface area contributed by atoms with E-state index in [4.69, 9.17) is 4.42 Å². The van der Waals surface area contributed by atoms with Crippen molar-refractivity contribution in [1.82, 2.24) is 14.6 Å². The van der Waals surface area contributed by atoms with Gasteiger partial charge < -0.3 is 4.42 Å². The van der Waals surface area contributed by atoms with E-state index >= 15 is 0 Å². The quantitative estimate of drug-likeness (QED) is 0.624. The minimum atomic E-state index is 0.627. The Morgan fingerprint density at radius 3 is 2.69 bits per heavy atom. The summed E-state index contributed by atoms with van der Waals surface area (Å²) in [5.74, 6) is 2.20. The molecule has 0 aliphatic heterocycles. The highest BCUT2D eigenvalue weighted by Gasteiger charge is 2.10. The molecular formula is C12H11N3O. The SMILES string of the molecule is Cc1ccc(-c2nc3cccc(C)n3n2)o1. The summed E-state index contributed by atoms with van der Waals surface area (Å²) in [6, 6.07) is 9.70. The number of rotatable bonds is 1. The summed E-state index contributed by atoms with van der Waals surface area (Å²) in [5, 5.41) is 4.41. The first-order chi connectivity index (χ1) is 7.74. The number of hydrogen-bond donors (Lipinski definition) is 0. The summed E-state index contributed by atoms with van der Waals surface area (Å²) in [7, 11) is 0. The minimum Gasteiger partial charge on any atom is -0.458 e. The van der Waals surface area contributed by atoms with Crippen molar-refractivity contribution in [2.75, 3.05) is 0 Å². The van der Waals surface area contributed by atoms with Gasteiger partial charge in [-0.25, -0.2) is 9.50 Å². The first kappa shape index (κ1) is 9.15. The van der Waals surface area contributed by atoms with E-state index in [0.29, 0.717) is 11.6 Å². The Balaban J connectivity index is 2.22. The summed E-state index contributed by atoms with van der Waals surface area (Å²) in [6.07, 6.45) is 0. The van der Waals surface area contributed by atoms with Gasteiger partial charge in [-0.05, 0) is 38.1 Å². The number of aryl methyl sites for hydroxylation is 2. The highest BCUT2D eigenvalue weighted by atomic mass is 16.3. The molecule has 0 bridgehead atoms. The van der Waals surface area contributed by atoms with Gasteiger partial charge >= 0.3 is 0 Å². The van der Waals surface area contributed by atoms with Gasteiger partial charge in [0, 0.05) is 5.69 Å². The van der Waals surface area contributed by atoms with Crippen molar-refractivity contribution in [3.8, 4) is 11.6 Å². The van der Waals surface area contributed by atoms with Gasteiger partial charge in [0.25, 0.3) is 0 Å². The minimum absolute atomic E-state index is 0.627. The van der Waals surface area contributed by atoms with Gasteiger partial charge in [-0.1, -0.05) is 6.07 Å². The van der Waals surface area contributed by atoms with Crippen molar-refractivity contribution in [3.05, 3.63) is 41.8 Å². The maximum atomic E-state index is 5.50. The molecule has 0 spiro atoms. The third kappa shape index (κ3) is 1.31. The van der Waals surface area contributed by atoms with E-state index < -0.39 is 0 Å². The van der Waals surface area contributed by atoms with Gasteiger partial charge in [-0.3, -0.25) is 0 Å². The van der Waals surface area contributed by atoms with Crippen molar-refractivity contribution in [1.29, 1.82) is 0 Å². The molecule has 3 rings (SSSR count). The van der Waals surface area contributed by atoms with Crippen molar-refractivity contribution < 1.29 is 4.42 Å². The molecule has 0 saturated carbocycles. The van der Waals surface area contributed by atoms with Gasteiger partial charge in [0.05, 0.1) is 0 Å². The highest BCUT2D eigenvalue weighted by Crippen LogP contribution is 2.19. The summed E-state index contributed by atoms with van der Waals surface area (Å²) in [5.41, 5.74) is 1.89. The second-order valence-corrected chi connectivity index (χ2v) is 3.78. The second kappa shape index (κ2) is 3.20. The van der Waals surface area contributed by atoms with E-state index in [9.17, 15) is 0 Å². The van der Waals surface area contributed by atoms with Crippen molar-refractivity contribution in [2.45, 2.75) is 13.8 Å². The predicted octanol–water partition coefficient (Wildman–Crippen LogP) is 2.61. The molecule has 0 N–H and O–H groups in total. The fourth-order valence-corrected chi connectivity index (χ4v) is 1.69. The highest BCUT2D eigenvalue weighted by molar-refractivity contribution is 5.52. The molecule has 0 atom stereocenters. The molecule has 4 heteroatoms. The summed E-state index contributed by atoms with van der Waals surface area (Å²) < 4.78 is 7.31. The largest absolute Gasteiger partial charge is 0.458 e. The molecule has 0 aromatic carbocycles. The van der Waals surface area contributed by atoms with Crippen LogP contribution in [0, 0.1) is 13.8 Å². The van der Waals surface area contributed by atoms with Crippen LogP contribution in [0.5, 0.6) is 0 Å². The average molecular weight is 213 g/mol. The van der Waals surface area contributed by atoms with E-state index in [1.54, 1.807) is 0 Å². The van der Waals surface area contributed by atoms with Crippen LogP contribution < -0.4 is 0 Å². The molecule has 0 amide bonds. The zero-order chi connectivity index (χ0) is 11.1. The van der Waals surface area contributed by atoms with Gasteiger partial charge in [0.2, 0.25) is 5.82 Å². The Labute approximate surface area is 92.5 Å². The van der Waals surface area contributed by atoms with E-state index in [1.165, 1.54) is 0 Å². The lowest BCUT2D eigenvalue weighted by atomic mass is 10.4. The topological polar surface area (TPSA) is 43.3 Å². The van der Waals surface area contributed by atoms with Crippen LogP contribution in [0.2, 0.25) is 0 Å². The molecule has 3 heterocycles. The number of fused-ring (bicyclic) bond motifs is 1. The van der Waals surface area contributed by atoms with Crippen molar-refractivity contribution in [2.24, 2.45) is 0 Å². The molecule has 4 nitrogen and oxygen atoms in total. The van der Waals surface area contributed by atoms with Gasteiger partial charge in [0.1, 0.15) is 5.76 Å². The zero-order valence-electron chi connectivity index (χ0n) is 9.14. The monoisotopic (exact) mass is 213 g/mol. The first-order valence-electron chi connectivity index (χ1n) is 5.13. The number of pyridine rings is 1. The Hall–Kier alpha value is -2.10. The average Bonchev–Trinajstić information content (AvgIpc) is 2.84. The van der Waals surface area contributed by atoms with Crippen molar-refractivity contribution in [3.63, 3.8) is 0 Å². The zero-order valence-corrected chi connectivity index (χ0v) is 9.14. The summed E-state index contributed by atoms with van der Waals surface area (Å²) in [6.45, 7) is 3.91. The lowest BCUT2D eigenvalue weighted by Crippen LogP contribution is -1.91. The lowest BCUT2D eigenvalue weighted by molar-refractivity contribution is 0.544. The molecule has 0 unspecified atom stereocenters. The van der Waals surface area contributed by atoms with E-state index in [1.807, 2.05) is 48.7 Å². The molecule has 0 aliphatic carbocycles. The number of aromatic nitrogens is 3. The van der Waals surface area contributed by atoms with E-state index in [-0.39, 0.29) is 0 Å². The third-order valence-electron chi connectivity index (χ3n) is 2.51. The molecule has 3 aromatic heterocycles. The van der Waals surface area contributed by atoms with Crippen LogP contribution in [0.4, 0.5) is 0 Å². The second-order valence-electron chi connectivity index (χ2n) is 3.78. The molecule has 0 saturated heterocycles. The summed E-state index contributed by atoms with van der Waals surface area (Å²) in [4.78, 5) is 4.42. The number of hydrogen-bond acceptors (Lipinski definition) is 3. The third-order valence-corrected chi connectivity index (χ3v) is 2.51. The molecule has 0 fully saturated rings. The van der Waals surface area contributed by atoms with E-state index in [2.05, 4.69) is 10.1 Å². The molecule has 16 heavy (non-hydrogen) atoms. The maximum Gasteiger partial charge on any atom is 0.217 e. The Morgan fingerprint density at radius 2 is 2.00 bits per heavy atom. The van der Waals surface area contributed by atoms with Gasteiger partial charge in [-0.15, -0.1) is 5.10 Å². The normalized spacial score (nSPS) is 11.1. The van der Waals surface area contributed by atoms with Crippen LogP contribution in [0.15, 0.2) is 34.7 Å². The van der Waals surface area contributed by atoms with Crippen molar-refractivity contribution >= 4 is 5.65 Å². The van der Waals surface area contributed by atoms with Gasteiger partial charge in [-0.2, -0.15) is 0 Å². The van der Waals surface area contributed by atoms with Crippen LogP contribution in [-0.2, 0) is 0 Å². The van der Waals surface area contributed by atoms with Crippen LogP contribution >= 0.6 is 0 Å². The number of nitrogens with zero attached hydrogens (tertiary/aromatic N) is 3. The van der Waals surface area contributed by atoms with Gasteiger partial charge in [0.15, 0.2) is 11.4 Å². The standard InChI is InChI=1S/C12H11N3O/c1-8-4-3-5-11-13-12(14-15(8)11)10-7-6-9(2)16-10/h3-7H,1-2H3. The molecule has 80 valence electrons. The van der Waals surface area contributed by atoms with Crippen LogP contribution in [0.1, 0.15) is 11.5 Å². The fraction of sp³-hybridized carbons (Fsp3) is 0.167. The number of furan rings is 1. The smallest absolute Gasteiger partial charge is 0.217 e. The molecule has 3 aromatic rings. The molecular weight excluding hydrogens is 202 g/mol. The lowest BCUT2D eigenvalue weighted by Gasteiger charge is -1.93. The Kier molecular flexibility index (Phi) is 1.83. The predicted molar refractivity (Wildman–Crippen MR) is 60.2 cm³/mol. The molecule has 0 aliphatic rings. The van der Waals surface area contributed by atoms with Crippen LogP contribution in [-0.4, -0.2) is 14.6 Å². The fourth-order valence-electron chi connectivity index (χ4n) is 1.69. The van der Waals surface area contributed by atoms with E-state index in [0.717, 1.165) is 17.1 Å². The van der Waals surface area contributed by atoms with Crippen LogP contribution in [0.3, 0.4) is 0 Å². The molecule has 0 radical (unpaired) electrons. The first-order valence-corrected chi connectivity index (χ1v) is 5.13. The summed E-state index contributed by atoms with van der Waals surface area (Å²) >= 11 is 0. The Bertz CT molecular complexity index is 651. The Morgan fingerprint density at radius 1 is 1.12 bits per heavy atom. The maximum absolute atomic E-state index is 5.50.